The fourth-order valence-electron chi connectivity index (χ4n) is 1.79. The Morgan fingerprint density at radius 3 is 2.70 bits per heavy atom. The molecule has 0 saturated carbocycles. The van der Waals surface area contributed by atoms with Gasteiger partial charge in [-0.2, -0.15) is 0 Å². The van der Waals surface area contributed by atoms with Crippen LogP contribution in [0.15, 0.2) is 22.7 Å². The first kappa shape index (κ1) is 17.4. The second-order valence-electron chi connectivity index (χ2n) is 4.99. The van der Waals surface area contributed by atoms with Crippen molar-refractivity contribution in [1.82, 2.24) is 4.90 Å². The Hall–Kier alpha value is -0.650. The Balaban J connectivity index is 2.96. The molecule has 0 heterocycles. The van der Waals surface area contributed by atoms with Crippen molar-refractivity contribution in [3.05, 3.63) is 33.3 Å². The van der Waals surface area contributed by atoms with Gasteiger partial charge in [-0.25, -0.2) is 0 Å². The third-order valence-corrected chi connectivity index (χ3v) is 3.69. The molecule has 0 aliphatic carbocycles. The molecule has 0 atom stereocenters. The van der Waals surface area contributed by atoms with E-state index in [4.69, 9.17) is 29.6 Å². The van der Waals surface area contributed by atoms with Gasteiger partial charge in [-0.3, -0.25) is 4.79 Å². The lowest BCUT2D eigenvalue weighted by atomic mass is 10.1. The molecule has 0 bridgehead atoms. The van der Waals surface area contributed by atoms with Crippen LogP contribution in [0, 0.1) is 5.92 Å². The lowest BCUT2D eigenvalue weighted by molar-refractivity contribution is 0.0741. The number of thiocarbonyl (C=S) groups is 1. The van der Waals surface area contributed by atoms with E-state index in [1.54, 1.807) is 23.1 Å². The van der Waals surface area contributed by atoms with Crippen LogP contribution in [0.5, 0.6) is 0 Å². The number of halogens is 2. The number of benzene rings is 1. The first-order valence-corrected chi connectivity index (χ1v) is 7.91. The predicted octanol–water partition coefficient (Wildman–Crippen LogP) is 3.88. The molecule has 6 heteroatoms. The van der Waals surface area contributed by atoms with Crippen molar-refractivity contribution in [3.8, 4) is 0 Å². The monoisotopic (exact) mass is 376 g/mol. The topological polar surface area (TPSA) is 46.3 Å². The van der Waals surface area contributed by atoms with Gasteiger partial charge in [0.2, 0.25) is 0 Å². The van der Waals surface area contributed by atoms with E-state index in [-0.39, 0.29) is 5.91 Å². The molecule has 0 aromatic heterocycles. The lowest BCUT2D eigenvalue weighted by Gasteiger charge is -2.25. The number of nitrogens with two attached hydrogens (primary N) is 1. The van der Waals surface area contributed by atoms with Crippen molar-refractivity contribution >= 4 is 50.6 Å². The minimum absolute atomic E-state index is 0.0961. The molecule has 2 N–H and O–H groups in total. The molecule has 1 rings (SSSR count). The van der Waals surface area contributed by atoms with Crippen LogP contribution in [-0.4, -0.2) is 28.9 Å². The van der Waals surface area contributed by atoms with Gasteiger partial charge in [-0.1, -0.05) is 53.6 Å². The maximum atomic E-state index is 12.6. The third kappa shape index (κ3) is 5.38. The van der Waals surface area contributed by atoms with Crippen molar-refractivity contribution in [1.29, 1.82) is 0 Å². The number of carbonyl (C=O) groups excluding carboxylic acids is 1. The van der Waals surface area contributed by atoms with Crippen LogP contribution in [0.3, 0.4) is 0 Å². The summed E-state index contributed by atoms with van der Waals surface area (Å²) in [4.78, 5) is 14.8. The zero-order valence-corrected chi connectivity index (χ0v) is 14.7. The van der Waals surface area contributed by atoms with Gasteiger partial charge in [0, 0.05) is 24.0 Å². The number of amides is 1. The van der Waals surface area contributed by atoms with Crippen LogP contribution in [-0.2, 0) is 0 Å². The van der Waals surface area contributed by atoms with Crippen molar-refractivity contribution in [3.63, 3.8) is 0 Å². The van der Waals surface area contributed by atoms with Crippen LogP contribution >= 0.6 is 39.7 Å². The molecule has 0 aliphatic heterocycles. The van der Waals surface area contributed by atoms with E-state index in [0.717, 1.165) is 4.47 Å². The van der Waals surface area contributed by atoms with E-state index >= 15 is 0 Å². The Labute approximate surface area is 138 Å². The second-order valence-corrected chi connectivity index (χ2v) is 6.83. The highest BCUT2D eigenvalue weighted by molar-refractivity contribution is 9.10. The summed E-state index contributed by atoms with van der Waals surface area (Å²) in [7, 11) is 0. The van der Waals surface area contributed by atoms with Gasteiger partial charge in [-0.05, 0) is 24.1 Å². The van der Waals surface area contributed by atoms with Gasteiger partial charge in [0.15, 0.2) is 0 Å². The van der Waals surface area contributed by atoms with Crippen LogP contribution in [0.4, 0.5) is 0 Å². The normalized spacial score (nSPS) is 10.7. The number of hydrogen-bond acceptors (Lipinski definition) is 2. The maximum absolute atomic E-state index is 12.6. The van der Waals surface area contributed by atoms with Crippen LogP contribution in [0.2, 0.25) is 5.02 Å². The van der Waals surface area contributed by atoms with Crippen molar-refractivity contribution in [2.75, 3.05) is 13.1 Å². The van der Waals surface area contributed by atoms with Crippen LogP contribution in [0.1, 0.15) is 30.6 Å². The summed E-state index contributed by atoms with van der Waals surface area (Å²) in [5.74, 6) is 0.262. The Morgan fingerprint density at radius 1 is 1.50 bits per heavy atom. The van der Waals surface area contributed by atoms with Gasteiger partial charge >= 0.3 is 0 Å². The number of rotatable bonds is 6. The van der Waals surface area contributed by atoms with Gasteiger partial charge in [0.05, 0.1) is 15.6 Å². The van der Waals surface area contributed by atoms with Gasteiger partial charge < -0.3 is 10.6 Å². The van der Waals surface area contributed by atoms with Gasteiger partial charge in [0.25, 0.3) is 5.91 Å². The number of nitrogens with zero attached hydrogens (tertiary/aromatic N) is 1. The first-order chi connectivity index (χ1) is 9.31. The zero-order chi connectivity index (χ0) is 15.3. The largest absolute Gasteiger partial charge is 0.393 e. The first-order valence-electron chi connectivity index (χ1n) is 6.34. The average Bonchev–Trinajstić information content (AvgIpc) is 2.36. The molecule has 0 unspecified atom stereocenters. The average molecular weight is 378 g/mol. The molecule has 0 radical (unpaired) electrons. The molecule has 3 nitrogen and oxygen atoms in total. The Bertz CT molecular complexity index is 508. The smallest absolute Gasteiger partial charge is 0.255 e. The molecule has 0 fully saturated rings. The maximum Gasteiger partial charge on any atom is 0.255 e. The molecule has 20 heavy (non-hydrogen) atoms. The second kappa shape index (κ2) is 7.96. The standard InChI is InChI=1S/C14H18BrClN2OS/c1-9(2)8-18(6-5-13(17)20)14(19)11-7-10(15)3-4-12(11)16/h3-4,7,9H,5-6,8H2,1-2H3,(H2,17,20). The molecule has 110 valence electrons. The van der Waals surface area contributed by atoms with E-state index in [9.17, 15) is 4.79 Å². The number of carbonyl (C=O) groups is 1. The quantitative estimate of drug-likeness (QED) is 0.765. The summed E-state index contributed by atoms with van der Waals surface area (Å²) >= 11 is 14.4. The third-order valence-electron chi connectivity index (χ3n) is 2.66. The molecule has 1 aromatic carbocycles. The van der Waals surface area contributed by atoms with E-state index in [0.29, 0.717) is 41.0 Å². The summed E-state index contributed by atoms with van der Waals surface area (Å²) in [6.45, 7) is 5.27. The van der Waals surface area contributed by atoms with Crippen molar-refractivity contribution in [2.24, 2.45) is 11.7 Å². The van der Waals surface area contributed by atoms with Crippen molar-refractivity contribution < 1.29 is 4.79 Å². The highest BCUT2D eigenvalue weighted by Gasteiger charge is 2.19. The highest BCUT2D eigenvalue weighted by atomic mass is 79.9. The summed E-state index contributed by atoms with van der Waals surface area (Å²) < 4.78 is 0.823. The summed E-state index contributed by atoms with van der Waals surface area (Å²) in [5, 5.41) is 0.447. The van der Waals surface area contributed by atoms with Crippen LogP contribution < -0.4 is 5.73 Å². The molecule has 0 aliphatic rings. The van der Waals surface area contributed by atoms with E-state index in [1.807, 2.05) is 0 Å². The number of hydrogen-bond donors (Lipinski definition) is 1. The van der Waals surface area contributed by atoms with E-state index in [2.05, 4.69) is 29.8 Å². The lowest BCUT2D eigenvalue weighted by Crippen LogP contribution is -2.36. The minimum Gasteiger partial charge on any atom is -0.393 e. The minimum atomic E-state index is -0.0961. The molecule has 1 amide bonds. The molecular weight excluding hydrogens is 360 g/mol. The highest BCUT2D eigenvalue weighted by Crippen LogP contribution is 2.23. The zero-order valence-electron chi connectivity index (χ0n) is 11.5. The predicted molar refractivity (Wildman–Crippen MR) is 91.3 cm³/mol. The fourth-order valence-corrected chi connectivity index (χ4v) is 2.44. The molecule has 0 spiro atoms. The summed E-state index contributed by atoms with van der Waals surface area (Å²) in [5.41, 5.74) is 6.01. The molecular formula is C14H18BrClN2OS. The van der Waals surface area contributed by atoms with Crippen molar-refractivity contribution in [2.45, 2.75) is 20.3 Å². The van der Waals surface area contributed by atoms with Crippen LogP contribution in [0.25, 0.3) is 0 Å². The Kier molecular flexibility index (Phi) is 6.92. The molecule has 1 aromatic rings. The van der Waals surface area contributed by atoms with Gasteiger partial charge in [-0.15, -0.1) is 0 Å². The Morgan fingerprint density at radius 2 is 2.15 bits per heavy atom. The van der Waals surface area contributed by atoms with Gasteiger partial charge in [0.1, 0.15) is 0 Å². The van der Waals surface area contributed by atoms with E-state index < -0.39 is 0 Å². The SMILES string of the molecule is CC(C)CN(CCC(N)=S)C(=O)c1cc(Br)ccc1Cl. The van der Waals surface area contributed by atoms with E-state index in [1.165, 1.54) is 0 Å². The molecule has 0 saturated heterocycles. The summed E-state index contributed by atoms with van der Waals surface area (Å²) in [6.07, 6.45) is 0.513. The summed E-state index contributed by atoms with van der Waals surface area (Å²) in [6, 6.07) is 5.25. The fraction of sp³-hybridized carbons (Fsp3) is 0.429.